The third-order valence-electron chi connectivity index (χ3n) is 3.93. The van der Waals surface area contributed by atoms with Crippen molar-refractivity contribution in [2.45, 2.75) is 56.9 Å². The Kier molecular flexibility index (Phi) is 4.51. The van der Waals surface area contributed by atoms with Gasteiger partial charge in [0.05, 0.1) is 18.7 Å². The Morgan fingerprint density at radius 2 is 2.00 bits per heavy atom. The van der Waals surface area contributed by atoms with E-state index in [0.29, 0.717) is 0 Å². The molecule has 2 fully saturated rings. The lowest BCUT2D eigenvalue weighted by molar-refractivity contribution is -0.142. The van der Waals surface area contributed by atoms with E-state index in [0.717, 1.165) is 30.4 Å². The van der Waals surface area contributed by atoms with Crippen molar-refractivity contribution < 1.29 is 22.8 Å². The number of nitrogens with zero attached hydrogens (tertiary/aromatic N) is 3. The number of carbonyl (C=O) groups is 2. The summed E-state index contributed by atoms with van der Waals surface area (Å²) in [6.07, 6.45) is 0.402. The van der Waals surface area contributed by atoms with Crippen LogP contribution in [0, 0.1) is 0 Å². The average Bonchev–Trinajstić information content (AvgIpc) is 3.36. The minimum atomic E-state index is -4.35. The van der Waals surface area contributed by atoms with Crippen molar-refractivity contribution >= 4 is 11.8 Å². The number of amides is 2. The van der Waals surface area contributed by atoms with Crippen LogP contribution in [0.3, 0.4) is 0 Å². The van der Waals surface area contributed by atoms with Crippen LogP contribution in [0.5, 0.6) is 0 Å². The van der Waals surface area contributed by atoms with Crippen molar-refractivity contribution in [3.63, 3.8) is 0 Å². The lowest BCUT2D eigenvalue weighted by Crippen LogP contribution is -2.43. The number of nitrogens with one attached hydrogen (secondary N) is 1. The van der Waals surface area contributed by atoms with Crippen LogP contribution in [0.2, 0.25) is 0 Å². The first kappa shape index (κ1) is 16.8. The molecule has 0 bridgehead atoms. The summed E-state index contributed by atoms with van der Waals surface area (Å²) in [6.45, 7) is -1.18. The van der Waals surface area contributed by atoms with Gasteiger partial charge < -0.3 is 10.2 Å². The van der Waals surface area contributed by atoms with E-state index in [-0.39, 0.29) is 42.6 Å². The summed E-state index contributed by atoms with van der Waals surface area (Å²) in [4.78, 5) is 25.8. The molecule has 132 valence electrons. The van der Waals surface area contributed by atoms with E-state index in [1.54, 1.807) is 0 Å². The molecule has 9 heteroatoms. The minimum Gasteiger partial charge on any atom is -0.352 e. The largest absolute Gasteiger partial charge is 0.408 e. The molecule has 2 amide bonds. The van der Waals surface area contributed by atoms with Crippen molar-refractivity contribution in [3.05, 3.63) is 18.0 Å². The van der Waals surface area contributed by atoms with Crippen molar-refractivity contribution in [2.75, 3.05) is 6.54 Å². The van der Waals surface area contributed by atoms with Crippen LogP contribution in [-0.4, -0.2) is 51.3 Å². The Morgan fingerprint density at radius 1 is 1.29 bits per heavy atom. The molecule has 2 saturated carbocycles. The normalized spacial score (nSPS) is 17.6. The van der Waals surface area contributed by atoms with Gasteiger partial charge in [-0.05, 0) is 31.7 Å². The van der Waals surface area contributed by atoms with Gasteiger partial charge in [-0.3, -0.25) is 14.3 Å². The van der Waals surface area contributed by atoms with E-state index in [9.17, 15) is 22.8 Å². The molecule has 1 aromatic heterocycles. The molecule has 2 aliphatic rings. The SMILES string of the molecule is O=C(CN(C(=O)Cc1ccn(CC(F)(F)F)n1)C1CC1)NC1CC1. The topological polar surface area (TPSA) is 67.2 Å². The van der Waals surface area contributed by atoms with Crippen molar-refractivity contribution in [3.8, 4) is 0 Å². The van der Waals surface area contributed by atoms with Gasteiger partial charge in [-0.1, -0.05) is 0 Å². The Bertz CT molecular complexity index is 620. The zero-order chi connectivity index (χ0) is 17.3. The Balaban J connectivity index is 1.56. The molecule has 0 radical (unpaired) electrons. The highest BCUT2D eigenvalue weighted by Gasteiger charge is 2.35. The van der Waals surface area contributed by atoms with Gasteiger partial charge in [0, 0.05) is 18.3 Å². The lowest BCUT2D eigenvalue weighted by atomic mass is 10.2. The first-order chi connectivity index (χ1) is 11.3. The number of aromatic nitrogens is 2. The fraction of sp³-hybridized carbons (Fsp3) is 0.667. The highest BCUT2D eigenvalue weighted by atomic mass is 19.4. The van der Waals surface area contributed by atoms with Gasteiger partial charge in [0.15, 0.2) is 0 Å². The van der Waals surface area contributed by atoms with Crippen molar-refractivity contribution in [2.24, 2.45) is 0 Å². The predicted octanol–water partition coefficient (Wildman–Crippen LogP) is 1.26. The van der Waals surface area contributed by atoms with Gasteiger partial charge in [0.1, 0.15) is 6.54 Å². The monoisotopic (exact) mass is 344 g/mol. The van der Waals surface area contributed by atoms with Crippen LogP contribution in [0.25, 0.3) is 0 Å². The van der Waals surface area contributed by atoms with Gasteiger partial charge in [-0.15, -0.1) is 0 Å². The Hall–Kier alpha value is -2.06. The predicted molar refractivity (Wildman–Crippen MR) is 77.9 cm³/mol. The molecule has 2 aliphatic carbocycles. The van der Waals surface area contributed by atoms with E-state index in [4.69, 9.17) is 0 Å². The Labute approximate surface area is 137 Å². The van der Waals surface area contributed by atoms with Crippen molar-refractivity contribution in [1.82, 2.24) is 20.0 Å². The molecule has 1 heterocycles. The number of hydrogen-bond acceptors (Lipinski definition) is 3. The zero-order valence-corrected chi connectivity index (χ0v) is 13.1. The van der Waals surface area contributed by atoms with Gasteiger partial charge in [0.25, 0.3) is 0 Å². The van der Waals surface area contributed by atoms with Gasteiger partial charge in [0.2, 0.25) is 11.8 Å². The highest BCUT2D eigenvalue weighted by Crippen LogP contribution is 2.27. The fourth-order valence-electron chi connectivity index (χ4n) is 2.49. The van der Waals surface area contributed by atoms with E-state index >= 15 is 0 Å². The highest BCUT2D eigenvalue weighted by molar-refractivity contribution is 5.86. The molecule has 3 rings (SSSR count). The summed E-state index contributed by atoms with van der Waals surface area (Å²) in [5, 5.41) is 6.62. The lowest BCUT2D eigenvalue weighted by Gasteiger charge is -2.21. The minimum absolute atomic E-state index is 0.00323. The van der Waals surface area contributed by atoms with E-state index < -0.39 is 12.7 Å². The summed E-state index contributed by atoms with van der Waals surface area (Å²) in [7, 11) is 0. The summed E-state index contributed by atoms with van der Waals surface area (Å²) in [5.74, 6) is -0.457. The van der Waals surface area contributed by atoms with Crippen molar-refractivity contribution in [1.29, 1.82) is 0 Å². The fourth-order valence-corrected chi connectivity index (χ4v) is 2.49. The smallest absolute Gasteiger partial charge is 0.352 e. The second-order valence-electron chi connectivity index (χ2n) is 6.39. The molecular formula is C15H19F3N4O2. The number of hydrogen-bond donors (Lipinski definition) is 1. The summed E-state index contributed by atoms with van der Waals surface area (Å²) in [6, 6.07) is 1.69. The molecule has 0 saturated heterocycles. The maximum atomic E-state index is 12.4. The molecule has 0 aromatic carbocycles. The molecule has 1 aromatic rings. The third kappa shape index (κ3) is 4.97. The molecule has 0 aliphatic heterocycles. The molecule has 0 unspecified atom stereocenters. The number of rotatable bonds is 7. The van der Waals surface area contributed by atoms with Crippen LogP contribution in [-0.2, 0) is 22.6 Å². The van der Waals surface area contributed by atoms with Gasteiger partial charge in [-0.2, -0.15) is 18.3 Å². The quantitative estimate of drug-likeness (QED) is 0.810. The van der Waals surface area contributed by atoms with Gasteiger partial charge >= 0.3 is 6.18 Å². The second kappa shape index (κ2) is 6.45. The Morgan fingerprint density at radius 3 is 2.58 bits per heavy atom. The van der Waals surface area contributed by atoms with E-state index in [2.05, 4.69) is 10.4 Å². The standard InChI is InChI=1S/C15H19F3N4O2/c16-15(17,18)9-21-6-5-11(20-21)7-14(24)22(12-3-4-12)8-13(23)19-10-1-2-10/h5-6,10,12H,1-4,7-9H2,(H,19,23). The first-order valence-electron chi connectivity index (χ1n) is 7.98. The maximum Gasteiger partial charge on any atom is 0.408 e. The molecule has 0 atom stereocenters. The van der Waals surface area contributed by atoms with Crippen LogP contribution in [0.15, 0.2) is 12.3 Å². The summed E-state index contributed by atoms with van der Waals surface area (Å²) in [5.41, 5.74) is 0.275. The number of carbonyl (C=O) groups excluding carboxylic acids is 2. The second-order valence-corrected chi connectivity index (χ2v) is 6.39. The molecular weight excluding hydrogens is 325 g/mol. The molecule has 24 heavy (non-hydrogen) atoms. The van der Waals surface area contributed by atoms with Crippen LogP contribution >= 0.6 is 0 Å². The summed E-state index contributed by atoms with van der Waals surface area (Å²) < 4.78 is 37.8. The van der Waals surface area contributed by atoms with E-state index in [1.165, 1.54) is 17.2 Å². The van der Waals surface area contributed by atoms with Gasteiger partial charge in [-0.25, -0.2) is 0 Å². The van der Waals surface area contributed by atoms with Crippen LogP contribution in [0.4, 0.5) is 13.2 Å². The number of halogens is 3. The maximum absolute atomic E-state index is 12.4. The van der Waals surface area contributed by atoms with Crippen LogP contribution < -0.4 is 5.32 Å². The third-order valence-corrected chi connectivity index (χ3v) is 3.93. The zero-order valence-electron chi connectivity index (χ0n) is 13.1. The molecule has 6 nitrogen and oxygen atoms in total. The van der Waals surface area contributed by atoms with Crippen LogP contribution in [0.1, 0.15) is 31.4 Å². The molecule has 1 N–H and O–H groups in total. The summed E-state index contributed by atoms with van der Waals surface area (Å²) >= 11 is 0. The van der Waals surface area contributed by atoms with E-state index in [1.807, 2.05) is 0 Å². The average molecular weight is 344 g/mol. The first-order valence-corrected chi connectivity index (χ1v) is 7.98. The number of alkyl halides is 3. The molecule has 0 spiro atoms.